The van der Waals surface area contributed by atoms with Gasteiger partial charge in [-0.3, -0.25) is 9.59 Å². The van der Waals surface area contributed by atoms with Crippen LogP contribution in [0.1, 0.15) is 35.2 Å². The van der Waals surface area contributed by atoms with E-state index in [9.17, 15) is 19.2 Å². The lowest BCUT2D eigenvalue weighted by Crippen LogP contribution is -2.66. The van der Waals surface area contributed by atoms with Gasteiger partial charge in [0.25, 0.3) is 5.91 Å². The zero-order chi connectivity index (χ0) is 28.2. The third-order valence-electron chi connectivity index (χ3n) is 7.96. The fourth-order valence-electron chi connectivity index (χ4n) is 5.55. The Morgan fingerprint density at radius 3 is 2.55 bits per heavy atom. The first-order chi connectivity index (χ1) is 19.3. The van der Waals surface area contributed by atoms with Crippen LogP contribution in [0.3, 0.4) is 0 Å². The summed E-state index contributed by atoms with van der Waals surface area (Å²) < 4.78 is 21.4. The third-order valence-corrected chi connectivity index (χ3v) is 7.96. The summed E-state index contributed by atoms with van der Waals surface area (Å²) in [5.74, 6) is -0.572. The maximum atomic E-state index is 13.9. The largest absolute Gasteiger partial charge is 0.496 e. The molecule has 1 fully saturated rings. The summed E-state index contributed by atoms with van der Waals surface area (Å²) in [6, 6.07) is 15.5. The van der Waals surface area contributed by atoms with E-state index >= 15 is 0 Å². The Labute approximate surface area is 229 Å². The molecule has 6 rings (SSSR count). The number of carbonyl (C=O) groups is 2. The summed E-state index contributed by atoms with van der Waals surface area (Å²) >= 11 is 0. The van der Waals surface area contributed by atoms with E-state index in [4.69, 9.17) is 15.5 Å². The lowest BCUT2D eigenvalue weighted by molar-refractivity contribution is -0.134. The molecule has 1 saturated heterocycles. The summed E-state index contributed by atoms with van der Waals surface area (Å²) in [5.41, 5.74) is 9.70. The first-order valence-electron chi connectivity index (χ1n) is 12.8. The fourth-order valence-corrected chi connectivity index (χ4v) is 5.55. The molecule has 2 amide bonds. The number of pyridine rings is 1. The molecule has 0 aliphatic carbocycles. The maximum Gasteiger partial charge on any atom is 0.290 e. The van der Waals surface area contributed by atoms with Crippen molar-refractivity contribution in [3.05, 3.63) is 77.6 Å². The molecule has 9 nitrogen and oxygen atoms in total. The second kappa shape index (κ2) is 9.31. The quantitative estimate of drug-likeness (QED) is 0.412. The van der Waals surface area contributed by atoms with Crippen molar-refractivity contribution < 1.29 is 18.7 Å². The molecule has 2 aromatic carbocycles. The van der Waals surface area contributed by atoms with Crippen LogP contribution in [0, 0.1) is 17.1 Å². The number of fused-ring (bicyclic) bond motifs is 3. The molecule has 2 aliphatic heterocycles. The molecule has 0 unspecified atom stereocenters. The molecule has 0 radical (unpaired) electrons. The first kappa shape index (κ1) is 25.2. The molecular formula is C30H25FN6O3. The number of hydrogen-bond acceptors (Lipinski definition) is 6. The van der Waals surface area contributed by atoms with Crippen LogP contribution in [0.4, 0.5) is 4.39 Å². The number of primary amides is 1. The van der Waals surface area contributed by atoms with Gasteiger partial charge in [0.1, 0.15) is 28.9 Å². The van der Waals surface area contributed by atoms with Crippen molar-refractivity contribution in [1.82, 2.24) is 19.4 Å². The van der Waals surface area contributed by atoms with Gasteiger partial charge in [0, 0.05) is 41.5 Å². The molecule has 1 atom stereocenters. The van der Waals surface area contributed by atoms with Crippen LogP contribution in [0.15, 0.2) is 54.7 Å². The van der Waals surface area contributed by atoms with Crippen LogP contribution in [-0.2, 0) is 17.8 Å². The number of amides is 2. The van der Waals surface area contributed by atoms with Gasteiger partial charge in [-0.2, -0.15) is 5.26 Å². The van der Waals surface area contributed by atoms with Gasteiger partial charge in [-0.25, -0.2) is 14.4 Å². The summed E-state index contributed by atoms with van der Waals surface area (Å²) in [4.78, 5) is 36.5. The number of likely N-dealkylation sites (tertiary alicyclic amines) is 1. The van der Waals surface area contributed by atoms with Gasteiger partial charge in [-0.15, -0.1) is 0 Å². The van der Waals surface area contributed by atoms with Crippen LogP contribution >= 0.6 is 0 Å². The SMILES string of the molecule is COc1cc2c(cc1-c1cccnc1C#N)-c1c(-c3ccc(F)cc3)nc(C(=O)N3CC[C@]3(C)C(N)=O)n1CC2. The van der Waals surface area contributed by atoms with Crippen molar-refractivity contribution in [2.75, 3.05) is 13.7 Å². The molecule has 2 aromatic heterocycles. The van der Waals surface area contributed by atoms with Crippen molar-refractivity contribution >= 4 is 11.8 Å². The molecule has 4 heterocycles. The molecule has 2 aliphatic rings. The van der Waals surface area contributed by atoms with Crippen molar-refractivity contribution in [2.24, 2.45) is 5.73 Å². The lowest BCUT2D eigenvalue weighted by Gasteiger charge is -2.47. The Kier molecular flexibility index (Phi) is 5.88. The molecule has 0 bridgehead atoms. The van der Waals surface area contributed by atoms with E-state index in [-0.39, 0.29) is 17.3 Å². The zero-order valence-electron chi connectivity index (χ0n) is 21.9. The number of aryl methyl sites for hydroxylation is 1. The molecule has 200 valence electrons. The highest BCUT2D eigenvalue weighted by molar-refractivity contribution is 6.00. The Morgan fingerprint density at radius 2 is 1.90 bits per heavy atom. The minimum absolute atomic E-state index is 0.184. The standard InChI is InChI=1S/C30H25FN6O3/c1-30(29(33)39)10-13-37(30)28(38)27-35-25(17-5-7-19(31)8-6-17)26-21-15-22(20-4-3-11-34-23(20)16-32)24(40-2)14-18(21)9-12-36(26)27/h3-8,11,14-15H,9-10,12-13H2,1-2H3,(H2,33,39)/t30-/m1/s1. The maximum absolute atomic E-state index is 13.9. The van der Waals surface area contributed by atoms with Crippen molar-refractivity contribution in [3.8, 4) is 45.5 Å². The van der Waals surface area contributed by atoms with E-state index in [2.05, 4.69) is 11.1 Å². The van der Waals surface area contributed by atoms with E-state index in [0.29, 0.717) is 59.8 Å². The predicted octanol–water partition coefficient (Wildman–Crippen LogP) is 3.94. The Morgan fingerprint density at radius 1 is 1.12 bits per heavy atom. The highest BCUT2D eigenvalue weighted by atomic mass is 19.1. The average molecular weight is 537 g/mol. The number of benzene rings is 2. The summed E-state index contributed by atoms with van der Waals surface area (Å²) in [6.45, 7) is 2.51. The number of methoxy groups -OCH3 is 1. The molecule has 40 heavy (non-hydrogen) atoms. The number of hydrogen-bond donors (Lipinski definition) is 1. The number of aromatic nitrogens is 3. The van der Waals surface area contributed by atoms with Crippen molar-refractivity contribution in [3.63, 3.8) is 0 Å². The molecule has 0 spiro atoms. The number of carbonyl (C=O) groups excluding carboxylic acids is 2. The van der Waals surface area contributed by atoms with Gasteiger partial charge in [-0.1, -0.05) is 0 Å². The van der Waals surface area contributed by atoms with Gasteiger partial charge < -0.3 is 19.9 Å². The number of rotatable bonds is 5. The smallest absolute Gasteiger partial charge is 0.290 e. The van der Waals surface area contributed by atoms with Gasteiger partial charge in [0.2, 0.25) is 5.91 Å². The first-order valence-corrected chi connectivity index (χ1v) is 12.8. The number of nitriles is 1. The zero-order valence-corrected chi connectivity index (χ0v) is 21.9. The fraction of sp³-hybridized carbons (Fsp3) is 0.233. The summed E-state index contributed by atoms with van der Waals surface area (Å²) in [7, 11) is 1.57. The predicted molar refractivity (Wildman–Crippen MR) is 145 cm³/mol. The number of ether oxygens (including phenoxy) is 1. The van der Waals surface area contributed by atoms with E-state index in [0.717, 1.165) is 11.1 Å². The van der Waals surface area contributed by atoms with Crippen LogP contribution in [0.25, 0.3) is 33.6 Å². The van der Waals surface area contributed by atoms with Crippen molar-refractivity contribution in [2.45, 2.75) is 31.8 Å². The highest BCUT2D eigenvalue weighted by Gasteiger charge is 2.49. The lowest BCUT2D eigenvalue weighted by atomic mass is 9.85. The van der Waals surface area contributed by atoms with E-state index < -0.39 is 17.4 Å². The molecular weight excluding hydrogens is 511 g/mol. The normalized spacial score (nSPS) is 17.3. The second-order valence-corrected chi connectivity index (χ2v) is 10.1. The Bertz CT molecular complexity index is 1740. The monoisotopic (exact) mass is 536 g/mol. The molecule has 2 N–H and O–H groups in total. The minimum Gasteiger partial charge on any atom is -0.496 e. The van der Waals surface area contributed by atoms with Gasteiger partial charge in [0.15, 0.2) is 5.82 Å². The van der Waals surface area contributed by atoms with Gasteiger partial charge >= 0.3 is 0 Å². The number of nitrogens with two attached hydrogens (primary N) is 1. The molecule has 10 heteroatoms. The van der Waals surface area contributed by atoms with E-state index in [1.54, 1.807) is 44.5 Å². The van der Waals surface area contributed by atoms with Crippen LogP contribution < -0.4 is 10.5 Å². The molecule has 0 saturated carbocycles. The van der Waals surface area contributed by atoms with Crippen molar-refractivity contribution in [1.29, 1.82) is 5.26 Å². The Hall–Kier alpha value is -5.04. The number of imidazole rings is 1. The second-order valence-electron chi connectivity index (χ2n) is 10.1. The van der Waals surface area contributed by atoms with E-state index in [1.807, 2.05) is 16.7 Å². The van der Waals surface area contributed by atoms with E-state index in [1.165, 1.54) is 17.0 Å². The van der Waals surface area contributed by atoms with Crippen LogP contribution in [0.2, 0.25) is 0 Å². The summed E-state index contributed by atoms with van der Waals surface area (Å²) in [5, 5.41) is 9.71. The topological polar surface area (TPSA) is 127 Å². The third kappa shape index (κ3) is 3.73. The van der Waals surface area contributed by atoms with Gasteiger partial charge in [0.05, 0.1) is 18.5 Å². The average Bonchev–Trinajstić information content (AvgIpc) is 3.36. The molecule has 4 aromatic rings. The minimum atomic E-state index is -1.08. The number of nitrogens with zero attached hydrogens (tertiary/aromatic N) is 5. The highest BCUT2D eigenvalue weighted by Crippen LogP contribution is 2.44. The number of halogens is 1. The van der Waals surface area contributed by atoms with Crippen LogP contribution in [0.5, 0.6) is 5.75 Å². The van der Waals surface area contributed by atoms with Crippen LogP contribution in [-0.4, -0.2) is 50.4 Å². The summed E-state index contributed by atoms with van der Waals surface area (Å²) in [6.07, 6.45) is 2.62. The van der Waals surface area contributed by atoms with Gasteiger partial charge in [-0.05, 0) is 73.9 Å². The Balaban J connectivity index is 1.59.